The third-order valence-corrected chi connectivity index (χ3v) is 3.38. The Morgan fingerprint density at radius 2 is 2.06 bits per heavy atom. The molecule has 1 aromatic carbocycles. The fourth-order valence-electron chi connectivity index (χ4n) is 2.34. The van der Waals surface area contributed by atoms with Gasteiger partial charge in [0.1, 0.15) is 5.82 Å². The van der Waals surface area contributed by atoms with Gasteiger partial charge in [0, 0.05) is 31.4 Å². The molecule has 3 nitrogen and oxygen atoms in total. The van der Waals surface area contributed by atoms with Gasteiger partial charge in [0.15, 0.2) is 0 Å². The first-order chi connectivity index (χ1) is 8.76. The second kappa shape index (κ2) is 5.83. The Balaban J connectivity index is 2.19. The van der Waals surface area contributed by atoms with Gasteiger partial charge in [-0.1, -0.05) is 31.2 Å². The van der Waals surface area contributed by atoms with Gasteiger partial charge in [0.05, 0.1) is 0 Å². The summed E-state index contributed by atoms with van der Waals surface area (Å²) >= 11 is 0. The number of hydrogen-bond donors (Lipinski definition) is 1. The van der Waals surface area contributed by atoms with E-state index in [0.29, 0.717) is 0 Å². The fourth-order valence-corrected chi connectivity index (χ4v) is 2.34. The van der Waals surface area contributed by atoms with E-state index < -0.39 is 0 Å². The monoisotopic (exact) mass is 243 g/mol. The van der Waals surface area contributed by atoms with E-state index in [2.05, 4.69) is 47.7 Å². The first-order valence-electron chi connectivity index (χ1n) is 6.59. The lowest BCUT2D eigenvalue weighted by molar-refractivity contribution is 0.624. The molecule has 1 atom stereocenters. The molecular formula is C15H21N3. The molecule has 2 N–H and O–H groups in total. The van der Waals surface area contributed by atoms with Crippen molar-refractivity contribution in [2.75, 3.05) is 0 Å². The van der Waals surface area contributed by atoms with E-state index in [9.17, 15) is 0 Å². The molecule has 1 heterocycles. The third kappa shape index (κ3) is 2.62. The third-order valence-electron chi connectivity index (χ3n) is 3.38. The van der Waals surface area contributed by atoms with E-state index in [-0.39, 0.29) is 6.04 Å². The van der Waals surface area contributed by atoms with Crippen LogP contribution in [0.1, 0.15) is 36.8 Å². The van der Waals surface area contributed by atoms with E-state index in [1.165, 1.54) is 11.1 Å². The average molecular weight is 243 g/mol. The number of imidazole rings is 1. The van der Waals surface area contributed by atoms with Crippen molar-refractivity contribution in [2.24, 2.45) is 5.73 Å². The highest BCUT2D eigenvalue weighted by Gasteiger charge is 2.13. The Hall–Kier alpha value is -1.61. The zero-order chi connectivity index (χ0) is 13.0. The maximum absolute atomic E-state index is 6.33. The molecule has 2 aromatic rings. The van der Waals surface area contributed by atoms with Crippen molar-refractivity contribution >= 4 is 0 Å². The summed E-state index contributed by atoms with van der Waals surface area (Å²) in [6.45, 7) is 5.23. The lowest BCUT2D eigenvalue weighted by atomic mass is 9.97. The molecule has 0 amide bonds. The molecule has 0 aliphatic carbocycles. The van der Waals surface area contributed by atoms with E-state index in [1.807, 2.05) is 12.4 Å². The molecular weight excluding hydrogens is 222 g/mol. The lowest BCUT2D eigenvalue weighted by Gasteiger charge is -2.16. The van der Waals surface area contributed by atoms with Gasteiger partial charge >= 0.3 is 0 Å². The molecule has 96 valence electrons. The van der Waals surface area contributed by atoms with Crippen molar-refractivity contribution in [3.63, 3.8) is 0 Å². The number of rotatable bonds is 5. The van der Waals surface area contributed by atoms with Crippen LogP contribution in [-0.4, -0.2) is 9.55 Å². The highest BCUT2D eigenvalue weighted by molar-refractivity contribution is 5.30. The molecule has 18 heavy (non-hydrogen) atoms. The standard InChI is InChI=1S/C15H21N3/c1-3-12-7-5-6-8-13(12)14(16)11-15-17-9-10-18(15)4-2/h5-10,14H,3-4,11,16H2,1-2H3. The van der Waals surface area contributed by atoms with Crippen LogP contribution in [0.15, 0.2) is 36.7 Å². The molecule has 1 aromatic heterocycles. The average Bonchev–Trinajstić information content (AvgIpc) is 2.85. The molecule has 1 unspecified atom stereocenters. The SMILES string of the molecule is CCc1ccccc1C(N)Cc1nccn1CC. The summed E-state index contributed by atoms with van der Waals surface area (Å²) in [6.07, 6.45) is 5.66. The number of hydrogen-bond acceptors (Lipinski definition) is 2. The van der Waals surface area contributed by atoms with Gasteiger partial charge in [-0.05, 0) is 24.5 Å². The number of nitrogens with two attached hydrogens (primary N) is 1. The number of benzene rings is 1. The second-order valence-corrected chi connectivity index (χ2v) is 4.49. The quantitative estimate of drug-likeness (QED) is 0.877. The minimum atomic E-state index is 0.0221. The Morgan fingerprint density at radius 1 is 1.28 bits per heavy atom. The maximum Gasteiger partial charge on any atom is 0.110 e. The van der Waals surface area contributed by atoms with Crippen LogP contribution in [0.4, 0.5) is 0 Å². The highest BCUT2D eigenvalue weighted by Crippen LogP contribution is 2.20. The smallest absolute Gasteiger partial charge is 0.110 e. The molecule has 0 aliphatic rings. The van der Waals surface area contributed by atoms with Gasteiger partial charge in [0.25, 0.3) is 0 Å². The first-order valence-corrected chi connectivity index (χ1v) is 6.59. The van der Waals surface area contributed by atoms with E-state index >= 15 is 0 Å². The largest absolute Gasteiger partial charge is 0.335 e. The van der Waals surface area contributed by atoms with Crippen molar-refractivity contribution in [3.05, 3.63) is 53.6 Å². The summed E-state index contributed by atoms with van der Waals surface area (Å²) in [4.78, 5) is 4.39. The molecule has 3 heteroatoms. The normalized spacial score (nSPS) is 12.6. The molecule has 0 fully saturated rings. The van der Waals surface area contributed by atoms with Crippen LogP contribution in [-0.2, 0) is 19.4 Å². The van der Waals surface area contributed by atoms with E-state index in [4.69, 9.17) is 5.73 Å². The van der Waals surface area contributed by atoms with Crippen LogP contribution >= 0.6 is 0 Å². The summed E-state index contributed by atoms with van der Waals surface area (Å²) in [5.41, 5.74) is 8.91. The van der Waals surface area contributed by atoms with E-state index in [0.717, 1.165) is 25.2 Å². The zero-order valence-corrected chi connectivity index (χ0v) is 11.1. The van der Waals surface area contributed by atoms with Gasteiger partial charge in [-0.2, -0.15) is 0 Å². The van der Waals surface area contributed by atoms with E-state index in [1.54, 1.807) is 0 Å². The Labute approximate surface area is 109 Å². The number of nitrogens with zero attached hydrogens (tertiary/aromatic N) is 2. The summed E-state index contributed by atoms with van der Waals surface area (Å²) < 4.78 is 2.15. The van der Waals surface area contributed by atoms with Crippen LogP contribution in [0.25, 0.3) is 0 Å². The van der Waals surface area contributed by atoms with Crippen LogP contribution in [0.5, 0.6) is 0 Å². The highest BCUT2D eigenvalue weighted by atomic mass is 15.1. The van der Waals surface area contributed by atoms with Crippen molar-refractivity contribution < 1.29 is 0 Å². The van der Waals surface area contributed by atoms with Gasteiger partial charge < -0.3 is 10.3 Å². The summed E-state index contributed by atoms with van der Waals surface area (Å²) in [5.74, 6) is 1.07. The maximum atomic E-state index is 6.33. The molecule has 2 rings (SSSR count). The second-order valence-electron chi connectivity index (χ2n) is 4.49. The Morgan fingerprint density at radius 3 is 2.78 bits per heavy atom. The van der Waals surface area contributed by atoms with Crippen LogP contribution in [0.3, 0.4) is 0 Å². The number of aryl methyl sites for hydroxylation is 2. The predicted molar refractivity (Wildman–Crippen MR) is 74.4 cm³/mol. The number of aromatic nitrogens is 2. The van der Waals surface area contributed by atoms with Crippen molar-refractivity contribution in [1.82, 2.24) is 9.55 Å². The molecule has 0 saturated heterocycles. The molecule has 0 bridgehead atoms. The van der Waals surface area contributed by atoms with Crippen LogP contribution in [0.2, 0.25) is 0 Å². The van der Waals surface area contributed by atoms with Gasteiger partial charge in [0.2, 0.25) is 0 Å². The zero-order valence-electron chi connectivity index (χ0n) is 11.1. The van der Waals surface area contributed by atoms with Crippen LogP contribution < -0.4 is 5.73 Å². The van der Waals surface area contributed by atoms with Gasteiger partial charge in [-0.25, -0.2) is 4.98 Å². The molecule has 0 spiro atoms. The Bertz CT molecular complexity index is 502. The first kappa shape index (κ1) is 12.8. The van der Waals surface area contributed by atoms with Crippen molar-refractivity contribution in [1.29, 1.82) is 0 Å². The van der Waals surface area contributed by atoms with Crippen LogP contribution in [0, 0.1) is 0 Å². The lowest BCUT2D eigenvalue weighted by Crippen LogP contribution is -2.17. The molecule has 0 aliphatic heterocycles. The minimum absolute atomic E-state index is 0.0221. The van der Waals surface area contributed by atoms with Crippen molar-refractivity contribution in [3.8, 4) is 0 Å². The Kier molecular flexibility index (Phi) is 4.15. The molecule has 0 saturated carbocycles. The van der Waals surface area contributed by atoms with Gasteiger partial charge in [-0.15, -0.1) is 0 Å². The fraction of sp³-hybridized carbons (Fsp3) is 0.400. The molecule has 0 radical (unpaired) electrons. The summed E-state index contributed by atoms with van der Waals surface area (Å²) in [5, 5.41) is 0. The summed E-state index contributed by atoms with van der Waals surface area (Å²) in [6, 6.07) is 8.43. The topological polar surface area (TPSA) is 43.8 Å². The summed E-state index contributed by atoms with van der Waals surface area (Å²) in [7, 11) is 0. The minimum Gasteiger partial charge on any atom is -0.335 e. The van der Waals surface area contributed by atoms with Gasteiger partial charge in [-0.3, -0.25) is 0 Å². The van der Waals surface area contributed by atoms with Crippen molar-refractivity contribution in [2.45, 2.75) is 39.3 Å². The predicted octanol–water partition coefficient (Wildman–Crippen LogP) is 2.71.